The lowest BCUT2D eigenvalue weighted by Crippen LogP contribution is -2.05. The highest BCUT2D eigenvalue weighted by Gasteiger charge is 2.10. The lowest BCUT2D eigenvalue weighted by molar-refractivity contribution is 0.495. The third kappa shape index (κ3) is 1.67. The van der Waals surface area contributed by atoms with Crippen LogP contribution in [0, 0.1) is 0 Å². The van der Waals surface area contributed by atoms with Gasteiger partial charge in [-0.2, -0.15) is 23.8 Å². The average molecular weight is 213 g/mol. The van der Waals surface area contributed by atoms with Gasteiger partial charge in [-0.05, 0) is 12.1 Å². The lowest BCUT2D eigenvalue weighted by Gasteiger charge is -2.01. The number of benzene rings is 1. The van der Waals surface area contributed by atoms with Gasteiger partial charge in [-0.3, -0.25) is 0 Å². The summed E-state index contributed by atoms with van der Waals surface area (Å²) in [4.78, 5) is 0. The largest absolute Gasteiger partial charge is 0.380 e. The lowest BCUT2D eigenvalue weighted by atomic mass is 10.3. The second-order valence-corrected chi connectivity index (χ2v) is 4.31. The SMILES string of the molecule is CS(=O)(=O)Oc1cccc2n[nH]nc12. The number of aromatic amines is 1. The third-order valence-corrected chi connectivity index (χ3v) is 2.03. The number of para-hydroxylation sites is 1. The molecule has 0 aliphatic heterocycles. The Morgan fingerprint density at radius 1 is 1.36 bits per heavy atom. The zero-order valence-electron chi connectivity index (χ0n) is 7.26. The summed E-state index contributed by atoms with van der Waals surface area (Å²) in [5, 5.41) is 9.96. The molecule has 74 valence electrons. The van der Waals surface area contributed by atoms with Crippen molar-refractivity contribution < 1.29 is 12.6 Å². The molecule has 0 aliphatic carbocycles. The van der Waals surface area contributed by atoms with Crippen molar-refractivity contribution in [3.8, 4) is 5.75 Å². The highest BCUT2D eigenvalue weighted by Crippen LogP contribution is 2.22. The quantitative estimate of drug-likeness (QED) is 0.725. The van der Waals surface area contributed by atoms with Crippen LogP contribution in [0.5, 0.6) is 5.75 Å². The first-order valence-corrected chi connectivity index (χ1v) is 5.57. The monoisotopic (exact) mass is 213 g/mol. The molecule has 0 saturated carbocycles. The van der Waals surface area contributed by atoms with Crippen LogP contribution in [0.2, 0.25) is 0 Å². The summed E-state index contributed by atoms with van der Waals surface area (Å²) >= 11 is 0. The van der Waals surface area contributed by atoms with Crippen molar-refractivity contribution in [1.29, 1.82) is 0 Å². The molecule has 6 nitrogen and oxygen atoms in total. The standard InChI is InChI=1S/C7H7N3O3S/c1-14(11,12)13-6-4-2-3-5-7(6)9-10-8-5/h2-4H,1H3,(H,8,9,10). The van der Waals surface area contributed by atoms with E-state index in [1.807, 2.05) is 0 Å². The van der Waals surface area contributed by atoms with Gasteiger partial charge in [0.2, 0.25) is 0 Å². The second-order valence-electron chi connectivity index (χ2n) is 2.73. The average Bonchev–Trinajstić information content (AvgIpc) is 2.49. The Morgan fingerprint density at radius 2 is 2.14 bits per heavy atom. The Labute approximate surface area is 80.0 Å². The van der Waals surface area contributed by atoms with Gasteiger partial charge in [-0.25, -0.2) is 0 Å². The summed E-state index contributed by atoms with van der Waals surface area (Å²) in [5.74, 6) is 0.179. The van der Waals surface area contributed by atoms with E-state index < -0.39 is 10.1 Å². The van der Waals surface area contributed by atoms with Crippen molar-refractivity contribution in [2.24, 2.45) is 0 Å². The Morgan fingerprint density at radius 3 is 2.86 bits per heavy atom. The third-order valence-electron chi connectivity index (χ3n) is 1.55. The minimum absolute atomic E-state index is 0.179. The molecule has 0 bridgehead atoms. The number of aromatic nitrogens is 3. The van der Waals surface area contributed by atoms with Gasteiger partial charge >= 0.3 is 10.1 Å². The van der Waals surface area contributed by atoms with E-state index in [0.717, 1.165) is 6.26 Å². The number of nitrogens with zero attached hydrogens (tertiary/aromatic N) is 2. The van der Waals surface area contributed by atoms with Gasteiger partial charge in [0.1, 0.15) is 5.52 Å². The number of fused-ring (bicyclic) bond motifs is 1. The smallest absolute Gasteiger partial charge is 0.306 e. The Balaban J connectivity index is 2.57. The first-order chi connectivity index (χ1) is 6.56. The zero-order chi connectivity index (χ0) is 10.2. The molecule has 0 unspecified atom stereocenters. The number of rotatable bonds is 2. The maximum Gasteiger partial charge on any atom is 0.306 e. The molecule has 0 fully saturated rings. The molecule has 1 aromatic carbocycles. The van der Waals surface area contributed by atoms with E-state index in [9.17, 15) is 8.42 Å². The van der Waals surface area contributed by atoms with E-state index in [1.165, 1.54) is 6.07 Å². The van der Waals surface area contributed by atoms with Crippen LogP contribution < -0.4 is 4.18 Å². The van der Waals surface area contributed by atoms with Gasteiger partial charge in [0, 0.05) is 0 Å². The first kappa shape index (κ1) is 8.95. The van der Waals surface area contributed by atoms with Crippen molar-refractivity contribution in [1.82, 2.24) is 15.4 Å². The highest BCUT2D eigenvalue weighted by atomic mass is 32.2. The molecule has 1 heterocycles. The van der Waals surface area contributed by atoms with E-state index in [2.05, 4.69) is 15.4 Å². The van der Waals surface area contributed by atoms with Crippen LogP contribution in [0.25, 0.3) is 11.0 Å². The van der Waals surface area contributed by atoms with Crippen molar-refractivity contribution in [3.63, 3.8) is 0 Å². The van der Waals surface area contributed by atoms with Gasteiger partial charge in [-0.1, -0.05) is 6.07 Å². The molecule has 14 heavy (non-hydrogen) atoms. The van der Waals surface area contributed by atoms with Gasteiger partial charge in [0.15, 0.2) is 11.3 Å². The van der Waals surface area contributed by atoms with E-state index in [4.69, 9.17) is 4.18 Å². The molecule has 0 atom stereocenters. The molecule has 2 aromatic rings. The summed E-state index contributed by atoms with van der Waals surface area (Å²) in [5.41, 5.74) is 0.962. The molecule has 0 radical (unpaired) electrons. The fraction of sp³-hybridized carbons (Fsp3) is 0.143. The van der Waals surface area contributed by atoms with Crippen molar-refractivity contribution in [3.05, 3.63) is 18.2 Å². The van der Waals surface area contributed by atoms with E-state index in [-0.39, 0.29) is 5.75 Å². The Bertz CT molecular complexity index is 560. The second kappa shape index (κ2) is 2.95. The number of H-pyrrole nitrogens is 1. The maximum absolute atomic E-state index is 10.9. The molecule has 0 amide bonds. The van der Waals surface area contributed by atoms with Crippen LogP contribution in [0.3, 0.4) is 0 Å². The molecular formula is C7H7N3O3S. The molecule has 1 aromatic heterocycles. The van der Waals surface area contributed by atoms with Gasteiger partial charge < -0.3 is 4.18 Å². The number of hydrogen-bond donors (Lipinski definition) is 1. The van der Waals surface area contributed by atoms with Crippen molar-refractivity contribution in [2.45, 2.75) is 0 Å². The first-order valence-electron chi connectivity index (χ1n) is 3.75. The van der Waals surface area contributed by atoms with Gasteiger partial charge in [-0.15, -0.1) is 0 Å². The van der Waals surface area contributed by atoms with Crippen molar-refractivity contribution >= 4 is 21.2 Å². The van der Waals surface area contributed by atoms with Crippen LogP contribution in [-0.4, -0.2) is 30.1 Å². The zero-order valence-corrected chi connectivity index (χ0v) is 8.08. The normalized spacial score (nSPS) is 11.8. The molecule has 7 heteroatoms. The summed E-state index contributed by atoms with van der Waals surface area (Å²) in [6, 6.07) is 4.87. The minimum Gasteiger partial charge on any atom is -0.380 e. The molecule has 0 aliphatic rings. The maximum atomic E-state index is 10.9. The molecular weight excluding hydrogens is 206 g/mol. The molecule has 2 rings (SSSR count). The molecule has 0 saturated heterocycles. The summed E-state index contributed by atoms with van der Waals surface area (Å²) < 4.78 is 26.5. The molecule has 1 N–H and O–H groups in total. The predicted octanol–water partition coefficient (Wildman–Crippen LogP) is 0.296. The van der Waals surface area contributed by atoms with E-state index in [0.29, 0.717) is 11.0 Å². The number of nitrogens with one attached hydrogen (secondary N) is 1. The van der Waals surface area contributed by atoms with Crippen LogP contribution in [0.1, 0.15) is 0 Å². The predicted molar refractivity (Wildman–Crippen MR) is 49.4 cm³/mol. The minimum atomic E-state index is -3.53. The van der Waals surface area contributed by atoms with Crippen LogP contribution in [0.4, 0.5) is 0 Å². The fourth-order valence-corrected chi connectivity index (χ4v) is 1.53. The van der Waals surface area contributed by atoms with E-state index >= 15 is 0 Å². The topological polar surface area (TPSA) is 84.9 Å². The Kier molecular flexibility index (Phi) is 1.88. The summed E-state index contributed by atoms with van der Waals surface area (Å²) in [6.07, 6.45) is 0.978. The van der Waals surface area contributed by atoms with Gasteiger partial charge in [0.05, 0.1) is 6.26 Å². The van der Waals surface area contributed by atoms with Crippen LogP contribution in [0.15, 0.2) is 18.2 Å². The summed E-state index contributed by atoms with van der Waals surface area (Å²) in [7, 11) is -3.53. The number of hydrogen-bond acceptors (Lipinski definition) is 5. The van der Waals surface area contributed by atoms with Gasteiger partial charge in [0.25, 0.3) is 0 Å². The van der Waals surface area contributed by atoms with Crippen molar-refractivity contribution in [2.75, 3.05) is 6.26 Å². The highest BCUT2D eigenvalue weighted by molar-refractivity contribution is 7.86. The summed E-state index contributed by atoms with van der Waals surface area (Å²) in [6.45, 7) is 0. The fourth-order valence-electron chi connectivity index (χ4n) is 1.07. The Hall–Kier alpha value is -1.63. The van der Waals surface area contributed by atoms with Crippen LogP contribution >= 0.6 is 0 Å². The van der Waals surface area contributed by atoms with E-state index in [1.54, 1.807) is 12.1 Å². The molecule has 0 spiro atoms. The van der Waals surface area contributed by atoms with Crippen LogP contribution in [-0.2, 0) is 10.1 Å².